The molecule has 0 amide bonds. The van der Waals surface area contributed by atoms with Crippen LogP contribution in [0.25, 0.3) is 5.69 Å². The van der Waals surface area contributed by atoms with Crippen LogP contribution in [0.3, 0.4) is 0 Å². The van der Waals surface area contributed by atoms with E-state index >= 15 is 0 Å². The summed E-state index contributed by atoms with van der Waals surface area (Å²) in [7, 11) is 1.43. The zero-order valence-corrected chi connectivity index (χ0v) is 7.88. The number of benzene rings is 1. The first-order valence-corrected chi connectivity index (χ1v) is 4.10. The summed E-state index contributed by atoms with van der Waals surface area (Å²) in [5.41, 5.74) is 6.00. The van der Waals surface area contributed by atoms with Crippen molar-refractivity contribution in [1.82, 2.24) is 20.2 Å². The molecular formula is C8H8FN5O. The van der Waals surface area contributed by atoms with Crippen LogP contribution in [0.4, 0.5) is 10.3 Å². The van der Waals surface area contributed by atoms with Gasteiger partial charge in [0.25, 0.3) is 0 Å². The lowest BCUT2D eigenvalue weighted by Gasteiger charge is -2.07. The van der Waals surface area contributed by atoms with Gasteiger partial charge in [-0.25, -0.2) is 4.39 Å². The van der Waals surface area contributed by atoms with Crippen LogP contribution in [0.5, 0.6) is 5.75 Å². The number of methoxy groups -OCH3 is 1. The minimum Gasteiger partial charge on any atom is -0.494 e. The molecular weight excluding hydrogens is 201 g/mol. The zero-order chi connectivity index (χ0) is 10.8. The summed E-state index contributed by atoms with van der Waals surface area (Å²) in [6, 6.07) is 4.00. The van der Waals surface area contributed by atoms with Gasteiger partial charge in [-0.2, -0.15) is 4.68 Å². The van der Waals surface area contributed by atoms with E-state index < -0.39 is 5.82 Å². The first kappa shape index (κ1) is 9.38. The van der Waals surface area contributed by atoms with Gasteiger partial charge in [0.05, 0.1) is 7.11 Å². The van der Waals surface area contributed by atoms with Gasteiger partial charge in [-0.15, -0.1) is 0 Å². The van der Waals surface area contributed by atoms with E-state index in [-0.39, 0.29) is 5.95 Å². The van der Waals surface area contributed by atoms with Crippen molar-refractivity contribution in [1.29, 1.82) is 0 Å². The lowest BCUT2D eigenvalue weighted by atomic mass is 10.3. The fraction of sp³-hybridized carbons (Fsp3) is 0.125. The number of tetrazole rings is 1. The Kier molecular flexibility index (Phi) is 2.20. The van der Waals surface area contributed by atoms with Crippen LogP contribution >= 0.6 is 0 Å². The fourth-order valence-corrected chi connectivity index (χ4v) is 1.19. The van der Waals surface area contributed by atoms with Crippen LogP contribution in [0.15, 0.2) is 18.2 Å². The molecule has 0 aliphatic carbocycles. The molecule has 0 atom stereocenters. The van der Waals surface area contributed by atoms with Crippen molar-refractivity contribution in [3.8, 4) is 11.4 Å². The van der Waals surface area contributed by atoms with Crippen LogP contribution in [0.1, 0.15) is 0 Å². The average molecular weight is 209 g/mol. The topological polar surface area (TPSA) is 78.8 Å². The summed E-state index contributed by atoms with van der Waals surface area (Å²) in [6.45, 7) is 0. The van der Waals surface area contributed by atoms with Gasteiger partial charge in [0.15, 0.2) is 0 Å². The Bertz CT molecular complexity index is 484. The molecule has 15 heavy (non-hydrogen) atoms. The average Bonchev–Trinajstić information content (AvgIpc) is 2.64. The molecule has 1 heterocycles. The summed E-state index contributed by atoms with van der Waals surface area (Å²) < 4.78 is 19.2. The second-order valence-electron chi connectivity index (χ2n) is 2.77. The maximum Gasteiger partial charge on any atom is 0.245 e. The first-order chi connectivity index (χ1) is 7.22. The van der Waals surface area contributed by atoms with Crippen molar-refractivity contribution in [2.45, 2.75) is 0 Å². The highest BCUT2D eigenvalue weighted by atomic mass is 19.1. The second-order valence-corrected chi connectivity index (χ2v) is 2.77. The number of rotatable bonds is 2. The smallest absolute Gasteiger partial charge is 0.245 e. The Morgan fingerprint density at radius 2 is 2.27 bits per heavy atom. The Morgan fingerprint density at radius 1 is 1.47 bits per heavy atom. The van der Waals surface area contributed by atoms with Gasteiger partial charge in [-0.1, -0.05) is 5.10 Å². The van der Waals surface area contributed by atoms with E-state index in [0.29, 0.717) is 11.4 Å². The van der Waals surface area contributed by atoms with Gasteiger partial charge in [0, 0.05) is 6.07 Å². The molecule has 1 aromatic heterocycles. The summed E-state index contributed by atoms with van der Waals surface area (Å²) in [5, 5.41) is 10.6. The SMILES string of the molecule is COc1cc(F)ccc1-n1nnnc1N. The third-order valence-electron chi connectivity index (χ3n) is 1.86. The lowest BCUT2D eigenvalue weighted by molar-refractivity contribution is 0.408. The van der Waals surface area contributed by atoms with E-state index in [2.05, 4.69) is 15.5 Å². The van der Waals surface area contributed by atoms with E-state index in [1.54, 1.807) is 0 Å². The number of nitrogens with two attached hydrogens (primary N) is 1. The molecule has 0 aliphatic rings. The molecule has 0 spiro atoms. The van der Waals surface area contributed by atoms with E-state index in [0.717, 1.165) is 0 Å². The van der Waals surface area contributed by atoms with Gasteiger partial charge >= 0.3 is 0 Å². The number of nitrogens with zero attached hydrogens (tertiary/aromatic N) is 4. The highest BCUT2D eigenvalue weighted by Crippen LogP contribution is 2.23. The van der Waals surface area contributed by atoms with Crippen LogP contribution < -0.4 is 10.5 Å². The number of hydrogen-bond donors (Lipinski definition) is 1. The van der Waals surface area contributed by atoms with Gasteiger partial charge in [0.2, 0.25) is 5.95 Å². The van der Waals surface area contributed by atoms with Crippen LogP contribution in [0, 0.1) is 5.82 Å². The number of hydrogen-bond acceptors (Lipinski definition) is 5. The molecule has 1 aromatic carbocycles. The molecule has 0 unspecified atom stereocenters. The Morgan fingerprint density at radius 3 is 2.87 bits per heavy atom. The maximum absolute atomic E-state index is 12.9. The molecule has 2 rings (SSSR count). The standard InChI is InChI=1S/C8H8FN5O/c1-15-7-4-5(9)2-3-6(7)14-8(10)11-12-13-14/h2-4H,1H3,(H2,10,11,13). The van der Waals surface area contributed by atoms with E-state index in [1.165, 1.54) is 30.0 Å². The number of nitrogen functional groups attached to an aromatic ring is 1. The predicted octanol–water partition coefficient (Wildman–Crippen LogP) is 0.392. The van der Waals surface area contributed by atoms with Gasteiger partial charge in [-0.05, 0) is 22.6 Å². The third kappa shape index (κ3) is 1.58. The first-order valence-electron chi connectivity index (χ1n) is 4.10. The quantitative estimate of drug-likeness (QED) is 0.774. The highest BCUT2D eigenvalue weighted by Gasteiger charge is 2.10. The number of anilines is 1. The molecule has 0 saturated heterocycles. The minimum atomic E-state index is -0.401. The molecule has 6 nitrogen and oxygen atoms in total. The Labute approximate surface area is 84.5 Å². The summed E-state index contributed by atoms with van der Waals surface area (Å²) in [4.78, 5) is 0. The molecule has 2 N–H and O–H groups in total. The monoisotopic (exact) mass is 209 g/mol. The molecule has 0 fully saturated rings. The summed E-state index contributed by atoms with van der Waals surface area (Å²) in [6.07, 6.45) is 0. The predicted molar refractivity (Wildman–Crippen MR) is 50.1 cm³/mol. The van der Waals surface area contributed by atoms with Crippen LogP contribution in [-0.2, 0) is 0 Å². The molecule has 78 valence electrons. The van der Waals surface area contributed by atoms with Crippen molar-refractivity contribution in [2.24, 2.45) is 0 Å². The maximum atomic E-state index is 12.9. The Hall–Kier alpha value is -2.18. The van der Waals surface area contributed by atoms with Crippen molar-refractivity contribution in [3.05, 3.63) is 24.0 Å². The Balaban J connectivity index is 2.58. The minimum absolute atomic E-state index is 0.111. The number of halogens is 1. The molecule has 0 aliphatic heterocycles. The molecule has 0 radical (unpaired) electrons. The third-order valence-corrected chi connectivity index (χ3v) is 1.86. The normalized spacial score (nSPS) is 10.3. The lowest BCUT2D eigenvalue weighted by Crippen LogP contribution is -2.04. The van der Waals surface area contributed by atoms with Gasteiger partial charge in [-0.3, -0.25) is 0 Å². The van der Waals surface area contributed by atoms with Crippen molar-refractivity contribution in [3.63, 3.8) is 0 Å². The van der Waals surface area contributed by atoms with Crippen LogP contribution in [-0.4, -0.2) is 27.3 Å². The highest BCUT2D eigenvalue weighted by molar-refractivity contribution is 5.48. The molecule has 2 aromatic rings. The molecule has 7 heteroatoms. The van der Waals surface area contributed by atoms with E-state index in [4.69, 9.17) is 10.5 Å². The van der Waals surface area contributed by atoms with Crippen molar-refractivity contribution < 1.29 is 9.13 Å². The van der Waals surface area contributed by atoms with E-state index in [9.17, 15) is 4.39 Å². The zero-order valence-electron chi connectivity index (χ0n) is 7.88. The molecule has 0 bridgehead atoms. The van der Waals surface area contributed by atoms with Crippen LogP contribution in [0.2, 0.25) is 0 Å². The summed E-state index contributed by atoms with van der Waals surface area (Å²) >= 11 is 0. The van der Waals surface area contributed by atoms with Crippen molar-refractivity contribution >= 4 is 5.95 Å². The number of ether oxygens (including phenoxy) is 1. The number of aromatic nitrogens is 4. The second kappa shape index (κ2) is 3.52. The summed E-state index contributed by atoms with van der Waals surface area (Å²) in [5.74, 6) is 0.0242. The largest absolute Gasteiger partial charge is 0.494 e. The fourth-order valence-electron chi connectivity index (χ4n) is 1.19. The molecule has 0 saturated carbocycles. The van der Waals surface area contributed by atoms with Gasteiger partial charge in [0.1, 0.15) is 17.3 Å². The van der Waals surface area contributed by atoms with Gasteiger partial charge < -0.3 is 10.5 Å². The van der Waals surface area contributed by atoms with E-state index in [1.807, 2.05) is 0 Å². The van der Waals surface area contributed by atoms with Crippen molar-refractivity contribution in [2.75, 3.05) is 12.8 Å².